The molecule has 0 amide bonds. The van der Waals surface area contributed by atoms with E-state index in [1.807, 2.05) is 32.0 Å². The second-order valence-corrected chi connectivity index (χ2v) is 19.1. The lowest BCUT2D eigenvalue weighted by Gasteiger charge is -2.16. The fourth-order valence-corrected chi connectivity index (χ4v) is 8.13. The molecule has 10 rings (SSSR count). The van der Waals surface area contributed by atoms with Crippen molar-refractivity contribution in [2.75, 3.05) is 0 Å². The highest BCUT2D eigenvalue weighted by Crippen LogP contribution is 2.26. The molecule has 0 unspecified atom stereocenters. The third kappa shape index (κ3) is 21.0. The summed E-state index contributed by atoms with van der Waals surface area (Å²) in [6.07, 6.45) is 12.3. The minimum absolute atomic E-state index is 0.178. The number of benzene rings is 10. The Kier molecular flexibility index (Phi) is 28.7. The molecular formula is C75H87B. The zero-order valence-corrected chi connectivity index (χ0v) is 48.1. The summed E-state index contributed by atoms with van der Waals surface area (Å²) in [6.45, 7) is 23.5. The van der Waals surface area contributed by atoms with E-state index in [-0.39, 0.29) is 6.71 Å². The first kappa shape index (κ1) is 61.1. The van der Waals surface area contributed by atoms with E-state index in [1.54, 1.807) is 0 Å². The lowest BCUT2D eigenvalue weighted by molar-refractivity contribution is 0.772. The molecule has 0 aliphatic carbocycles. The molecule has 0 aromatic heterocycles. The summed E-state index contributed by atoms with van der Waals surface area (Å²) >= 11 is 0. The van der Waals surface area contributed by atoms with Gasteiger partial charge in [0.25, 0.3) is 0 Å². The molecule has 0 radical (unpaired) electrons. The summed E-state index contributed by atoms with van der Waals surface area (Å²) in [4.78, 5) is 0. The quantitative estimate of drug-likeness (QED) is 0.0946. The van der Waals surface area contributed by atoms with Gasteiger partial charge >= 0.3 is 0 Å². The second-order valence-electron chi connectivity index (χ2n) is 19.1. The molecule has 1 heteroatoms. The van der Waals surface area contributed by atoms with Crippen LogP contribution in [0.1, 0.15) is 122 Å². The Morgan fingerprint density at radius 3 is 0.961 bits per heavy atom. The molecule has 10 aromatic carbocycles. The number of rotatable bonds is 10. The molecule has 0 bridgehead atoms. The molecule has 76 heavy (non-hydrogen) atoms. The first-order valence-corrected chi connectivity index (χ1v) is 28.3. The average molecular weight is 999 g/mol. The highest BCUT2D eigenvalue weighted by molar-refractivity contribution is 6.95. The normalized spacial score (nSPS) is 10.0. The third-order valence-corrected chi connectivity index (χ3v) is 12.6. The van der Waals surface area contributed by atoms with Crippen LogP contribution in [-0.2, 0) is 0 Å². The molecule has 390 valence electrons. The minimum Gasteiger partial charge on any atom is -0.0687 e. The largest absolute Gasteiger partial charge is 0.241 e. The Hall–Kier alpha value is -7.48. The predicted molar refractivity (Wildman–Crippen MR) is 345 cm³/mol. The van der Waals surface area contributed by atoms with Crippen LogP contribution >= 0.6 is 0 Å². The summed E-state index contributed by atoms with van der Waals surface area (Å²) in [7, 11) is 0. The fraction of sp³-hybridized carbons (Fsp3) is 0.227. The smallest absolute Gasteiger partial charge is 0.0687 e. The van der Waals surface area contributed by atoms with E-state index < -0.39 is 0 Å². The van der Waals surface area contributed by atoms with Crippen LogP contribution in [0.4, 0.5) is 0 Å². The molecule has 0 saturated heterocycles. The van der Waals surface area contributed by atoms with Crippen LogP contribution in [-0.4, -0.2) is 6.71 Å². The zero-order valence-electron chi connectivity index (χ0n) is 48.1. The van der Waals surface area contributed by atoms with E-state index in [2.05, 4.69) is 299 Å². The van der Waals surface area contributed by atoms with E-state index in [0.717, 1.165) is 0 Å². The molecule has 0 saturated carbocycles. The molecule has 0 aliphatic heterocycles. The van der Waals surface area contributed by atoms with Crippen molar-refractivity contribution in [1.82, 2.24) is 0 Å². The first-order valence-electron chi connectivity index (χ1n) is 28.3. The van der Waals surface area contributed by atoms with E-state index in [0.29, 0.717) is 0 Å². The van der Waals surface area contributed by atoms with E-state index in [4.69, 9.17) is 0 Å². The van der Waals surface area contributed by atoms with Gasteiger partial charge in [-0.15, -0.1) is 0 Å². The molecule has 0 N–H and O–H groups in total. The Balaban J connectivity index is 0.000000268. The summed E-state index contributed by atoms with van der Waals surface area (Å²) in [5, 5.41) is 5.14. The highest BCUT2D eigenvalue weighted by Gasteiger charge is 2.21. The fourth-order valence-electron chi connectivity index (χ4n) is 8.13. The van der Waals surface area contributed by atoms with Gasteiger partial charge in [0.2, 0.25) is 6.71 Å². The van der Waals surface area contributed by atoms with E-state index in [9.17, 15) is 0 Å². The van der Waals surface area contributed by atoms with Crippen LogP contribution in [0.15, 0.2) is 243 Å². The molecule has 10 aromatic rings. The SMILES string of the molecule is CC.CCC.CCCC.CCCCC.Cc1ccc(-c2ccc3ccccc3c2)cc1.Cc1ccc(/C=C/c2ccc(B(c3ccccc3)c3ccc(-c4ccc5ccccc5c4)cc3)cc2)cc1.Cc1ccccc1. The van der Waals surface area contributed by atoms with E-state index >= 15 is 0 Å². The van der Waals surface area contributed by atoms with Gasteiger partial charge in [0, 0.05) is 0 Å². The Labute approximate surface area is 461 Å². The third-order valence-electron chi connectivity index (χ3n) is 12.6. The second kappa shape index (κ2) is 35.7. The topological polar surface area (TPSA) is 0 Å². The van der Waals surface area contributed by atoms with Crippen molar-refractivity contribution in [2.45, 2.75) is 115 Å². The van der Waals surface area contributed by atoms with Crippen molar-refractivity contribution in [1.29, 1.82) is 0 Å². The average Bonchev–Trinajstić information content (AvgIpc) is 3.48. The van der Waals surface area contributed by atoms with Crippen LogP contribution in [0.5, 0.6) is 0 Å². The maximum absolute atomic E-state index is 2.29. The van der Waals surface area contributed by atoms with Gasteiger partial charge in [-0.2, -0.15) is 0 Å². The van der Waals surface area contributed by atoms with Crippen LogP contribution < -0.4 is 16.4 Å². The summed E-state index contributed by atoms with van der Waals surface area (Å²) in [5.74, 6) is 0. The first-order chi connectivity index (χ1) is 37.2. The standard InChI is InChI=1S/C37H29B.C17H14.C7H8.C5H12.C4H10.C3H8.C2H6/c1-28-11-13-29(14-12-28)15-16-30-17-23-36(24-18-30)38(35-9-3-2-4-10-35)37-25-21-32(22-26-37)34-20-19-31-7-5-6-8-33(31)27-34;1-13-6-8-15(9-7-13)17-11-10-14-4-2-3-5-16(14)12-17;1-7-5-3-2-4-6-7;1-3-5-4-2;1-3-4-2;1-3-2;1-2/h2-27H,1H3;2-12H,1H3;2-6H,1H3;3-5H2,1-2H3;3-4H2,1-2H3;3H2,1-2H3;1-2H3/b16-15+;;;;;;. The van der Waals surface area contributed by atoms with Gasteiger partial charge in [-0.3, -0.25) is 0 Å². The Morgan fingerprint density at radius 1 is 0.289 bits per heavy atom. The number of fused-ring (bicyclic) bond motifs is 2. The van der Waals surface area contributed by atoms with Gasteiger partial charge in [0.1, 0.15) is 0 Å². The van der Waals surface area contributed by atoms with Crippen molar-refractivity contribution in [2.24, 2.45) is 0 Å². The lowest BCUT2D eigenvalue weighted by Crippen LogP contribution is -2.51. The van der Waals surface area contributed by atoms with Crippen molar-refractivity contribution in [3.8, 4) is 22.3 Å². The zero-order chi connectivity index (χ0) is 54.8. The van der Waals surface area contributed by atoms with E-state index in [1.165, 1.54) is 127 Å². The van der Waals surface area contributed by atoms with Gasteiger partial charge in [0.15, 0.2) is 0 Å². The van der Waals surface area contributed by atoms with Crippen LogP contribution in [0.2, 0.25) is 0 Å². The van der Waals surface area contributed by atoms with Crippen LogP contribution in [0.25, 0.3) is 56.0 Å². The van der Waals surface area contributed by atoms with Gasteiger partial charge in [-0.05, 0) is 87.8 Å². The monoisotopic (exact) mass is 999 g/mol. The highest BCUT2D eigenvalue weighted by atomic mass is 14.1. The van der Waals surface area contributed by atoms with Crippen LogP contribution in [0, 0.1) is 20.8 Å². The predicted octanol–water partition coefficient (Wildman–Crippen LogP) is 20.8. The maximum Gasteiger partial charge on any atom is 0.241 e. The Morgan fingerprint density at radius 2 is 0.592 bits per heavy atom. The summed E-state index contributed by atoms with van der Waals surface area (Å²) < 4.78 is 0. The van der Waals surface area contributed by atoms with Crippen molar-refractivity contribution in [3.05, 3.63) is 270 Å². The van der Waals surface area contributed by atoms with Gasteiger partial charge in [-0.25, -0.2) is 0 Å². The molecule has 0 nitrogen and oxygen atoms in total. The number of hydrogen-bond acceptors (Lipinski definition) is 0. The summed E-state index contributed by atoms with van der Waals surface area (Å²) in [6, 6.07) is 86.8. The molecule has 0 atom stereocenters. The van der Waals surface area contributed by atoms with Crippen molar-refractivity contribution >= 4 is 56.8 Å². The maximum atomic E-state index is 2.29. The van der Waals surface area contributed by atoms with Crippen molar-refractivity contribution < 1.29 is 0 Å². The molecule has 0 fully saturated rings. The van der Waals surface area contributed by atoms with Crippen molar-refractivity contribution in [3.63, 3.8) is 0 Å². The Bertz CT molecular complexity index is 3090. The number of aryl methyl sites for hydroxylation is 3. The summed E-state index contributed by atoms with van der Waals surface area (Å²) in [5.41, 5.74) is 15.3. The number of unbranched alkanes of at least 4 members (excludes halogenated alkanes) is 3. The van der Waals surface area contributed by atoms with Gasteiger partial charge < -0.3 is 0 Å². The molecular weight excluding hydrogens is 912 g/mol. The molecule has 0 spiro atoms. The minimum atomic E-state index is 0.178. The molecule has 0 aliphatic rings. The lowest BCUT2D eigenvalue weighted by atomic mass is 9.37. The van der Waals surface area contributed by atoms with Crippen LogP contribution in [0.3, 0.4) is 0 Å². The number of hydrogen-bond donors (Lipinski definition) is 0. The molecule has 0 heterocycles. The van der Waals surface area contributed by atoms with Gasteiger partial charge in [-0.1, -0.05) is 370 Å². The van der Waals surface area contributed by atoms with Gasteiger partial charge in [0.05, 0.1) is 0 Å².